The molecule has 2 aliphatic rings. The number of hydrogen-bond donors (Lipinski definition) is 0. The van der Waals surface area contributed by atoms with Crippen LogP contribution in [0.15, 0.2) is 24.8 Å². The van der Waals surface area contributed by atoms with Gasteiger partial charge in [0.2, 0.25) is 0 Å². The second-order valence-electron chi connectivity index (χ2n) is 5.66. The summed E-state index contributed by atoms with van der Waals surface area (Å²) in [6.45, 7) is 6.05. The van der Waals surface area contributed by atoms with E-state index in [4.69, 9.17) is 0 Å². The molecule has 17 heavy (non-hydrogen) atoms. The van der Waals surface area contributed by atoms with Gasteiger partial charge in [0.15, 0.2) is 0 Å². The van der Waals surface area contributed by atoms with E-state index in [0.29, 0.717) is 0 Å². The molecule has 0 unspecified atom stereocenters. The Hall–Kier alpha value is -0.520. The first-order valence-electron chi connectivity index (χ1n) is 7.28. The third kappa shape index (κ3) is 3.47. The van der Waals surface area contributed by atoms with Crippen molar-refractivity contribution in [2.24, 2.45) is 11.8 Å². The zero-order valence-corrected chi connectivity index (χ0v) is 11.3. The first-order chi connectivity index (χ1) is 8.33. The van der Waals surface area contributed by atoms with Gasteiger partial charge in [-0.05, 0) is 82.0 Å². The molecule has 0 bridgehead atoms. The van der Waals surface area contributed by atoms with Gasteiger partial charge in [-0.1, -0.05) is 18.2 Å². The van der Waals surface area contributed by atoms with Gasteiger partial charge >= 0.3 is 0 Å². The molecular weight excluding hydrogens is 204 g/mol. The summed E-state index contributed by atoms with van der Waals surface area (Å²) in [6, 6.07) is 0. The highest BCUT2D eigenvalue weighted by Crippen LogP contribution is 2.43. The molecule has 0 atom stereocenters. The molecule has 2 saturated carbocycles. The lowest BCUT2D eigenvalue weighted by Crippen LogP contribution is -2.23. The van der Waals surface area contributed by atoms with Gasteiger partial charge in [-0.25, -0.2) is 0 Å². The van der Waals surface area contributed by atoms with E-state index in [9.17, 15) is 0 Å². The highest BCUT2D eigenvalue weighted by Gasteiger charge is 2.29. The Morgan fingerprint density at radius 2 is 1.65 bits per heavy atom. The number of rotatable bonds is 3. The minimum Gasteiger partial charge on any atom is -0.102 e. The SMILES string of the molecule is C=C[C]1CCC([C]2CCC(C=CC)CC2)CC1. The van der Waals surface area contributed by atoms with Crippen molar-refractivity contribution in [2.45, 2.75) is 58.3 Å². The summed E-state index contributed by atoms with van der Waals surface area (Å²) >= 11 is 0. The molecule has 0 heterocycles. The van der Waals surface area contributed by atoms with Gasteiger partial charge in [0.25, 0.3) is 0 Å². The van der Waals surface area contributed by atoms with Crippen molar-refractivity contribution < 1.29 is 0 Å². The Balaban J connectivity index is 1.76. The Morgan fingerprint density at radius 3 is 2.18 bits per heavy atom. The van der Waals surface area contributed by atoms with Crippen LogP contribution in [0.25, 0.3) is 0 Å². The lowest BCUT2D eigenvalue weighted by molar-refractivity contribution is 0.320. The van der Waals surface area contributed by atoms with Crippen LogP contribution in [0.4, 0.5) is 0 Å². The Bertz CT molecular complexity index is 247. The predicted molar refractivity (Wildman–Crippen MR) is 75.4 cm³/mol. The second-order valence-corrected chi connectivity index (χ2v) is 5.66. The predicted octanol–water partition coefficient (Wildman–Crippen LogP) is 5.28. The zero-order valence-electron chi connectivity index (χ0n) is 11.3. The zero-order chi connectivity index (χ0) is 12.1. The molecular formula is C17H26. The van der Waals surface area contributed by atoms with Crippen molar-refractivity contribution in [3.8, 4) is 0 Å². The normalized spacial score (nSPS) is 26.6. The maximum atomic E-state index is 3.90. The van der Waals surface area contributed by atoms with E-state index in [2.05, 4.69) is 31.7 Å². The van der Waals surface area contributed by atoms with Crippen LogP contribution >= 0.6 is 0 Å². The molecule has 2 aliphatic carbocycles. The van der Waals surface area contributed by atoms with Crippen LogP contribution in [0.2, 0.25) is 0 Å². The van der Waals surface area contributed by atoms with Crippen LogP contribution in [0.1, 0.15) is 58.3 Å². The molecule has 0 aromatic rings. The largest absolute Gasteiger partial charge is 0.102 e. The van der Waals surface area contributed by atoms with Crippen LogP contribution < -0.4 is 0 Å². The van der Waals surface area contributed by atoms with E-state index in [0.717, 1.165) is 11.8 Å². The Morgan fingerprint density at radius 1 is 1.00 bits per heavy atom. The summed E-state index contributed by atoms with van der Waals surface area (Å²) < 4.78 is 0. The minimum absolute atomic E-state index is 0.864. The first-order valence-corrected chi connectivity index (χ1v) is 7.28. The van der Waals surface area contributed by atoms with Crippen LogP contribution in [-0.4, -0.2) is 0 Å². The Kier molecular flexibility index (Phi) is 4.88. The van der Waals surface area contributed by atoms with Crippen molar-refractivity contribution in [3.05, 3.63) is 36.6 Å². The maximum Gasteiger partial charge on any atom is -0.00299 e. The summed E-state index contributed by atoms with van der Waals surface area (Å²) in [5, 5.41) is 0. The average Bonchev–Trinajstić information content (AvgIpc) is 2.40. The molecule has 0 spiro atoms. The molecule has 0 nitrogen and oxygen atoms in total. The monoisotopic (exact) mass is 230 g/mol. The highest BCUT2D eigenvalue weighted by atomic mass is 14.3. The smallest absolute Gasteiger partial charge is 0.00299 e. The van der Waals surface area contributed by atoms with E-state index >= 15 is 0 Å². The molecule has 0 aromatic carbocycles. The molecule has 0 amide bonds. The molecule has 2 rings (SSSR count). The van der Waals surface area contributed by atoms with E-state index in [1.807, 2.05) is 5.92 Å². The van der Waals surface area contributed by atoms with Crippen molar-refractivity contribution in [1.29, 1.82) is 0 Å². The summed E-state index contributed by atoms with van der Waals surface area (Å²) in [6.07, 6.45) is 17.7. The standard InChI is InChI=1S/C17H26/c1-3-5-15-8-12-17(13-9-15)16-10-6-14(4-2)7-11-16/h3-5,15-16H,2,6-13H2,1H3. The molecule has 2 fully saturated rings. The molecule has 94 valence electrons. The van der Waals surface area contributed by atoms with E-state index in [1.165, 1.54) is 51.4 Å². The third-order valence-corrected chi connectivity index (χ3v) is 4.63. The van der Waals surface area contributed by atoms with E-state index in [-0.39, 0.29) is 0 Å². The molecule has 0 aliphatic heterocycles. The topological polar surface area (TPSA) is 0 Å². The maximum absolute atomic E-state index is 3.90. The first kappa shape index (κ1) is 12.9. The third-order valence-electron chi connectivity index (χ3n) is 4.63. The Labute approximate surface area is 107 Å². The fourth-order valence-electron chi connectivity index (χ4n) is 3.48. The van der Waals surface area contributed by atoms with Crippen LogP contribution in [0.3, 0.4) is 0 Å². The molecule has 2 radical (unpaired) electrons. The van der Waals surface area contributed by atoms with Crippen LogP contribution in [0, 0.1) is 23.7 Å². The minimum atomic E-state index is 0.864. The fraction of sp³-hybridized carbons (Fsp3) is 0.647. The summed E-state index contributed by atoms with van der Waals surface area (Å²) in [5.74, 6) is 5.27. The number of allylic oxidation sites excluding steroid dienone is 3. The van der Waals surface area contributed by atoms with Gasteiger partial charge in [-0.2, -0.15) is 0 Å². The van der Waals surface area contributed by atoms with Crippen molar-refractivity contribution in [3.63, 3.8) is 0 Å². The molecule has 0 N–H and O–H groups in total. The van der Waals surface area contributed by atoms with Crippen molar-refractivity contribution in [2.75, 3.05) is 0 Å². The summed E-state index contributed by atoms with van der Waals surface area (Å²) in [5.41, 5.74) is 0. The quantitative estimate of drug-likeness (QED) is 0.579. The van der Waals surface area contributed by atoms with Crippen molar-refractivity contribution >= 4 is 0 Å². The van der Waals surface area contributed by atoms with E-state index in [1.54, 1.807) is 5.92 Å². The van der Waals surface area contributed by atoms with Gasteiger partial charge < -0.3 is 0 Å². The van der Waals surface area contributed by atoms with Crippen molar-refractivity contribution in [1.82, 2.24) is 0 Å². The lowest BCUT2D eigenvalue weighted by atomic mass is 9.69. The number of hydrogen-bond acceptors (Lipinski definition) is 0. The van der Waals surface area contributed by atoms with Gasteiger partial charge in [-0.15, -0.1) is 6.58 Å². The summed E-state index contributed by atoms with van der Waals surface area (Å²) in [7, 11) is 0. The second kappa shape index (κ2) is 6.42. The summed E-state index contributed by atoms with van der Waals surface area (Å²) in [4.78, 5) is 0. The molecule has 0 aromatic heterocycles. The van der Waals surface area contributed by atoms with Gasteiger partial charge in [0.05, 0.1) is 0 Å². The van der Waals surface area contributed by atoms with Crippen LogP contribution in [-0.2, 0) is 0 Å². The van der Waals surface area contributed by atoms with Gasteiger partial charge in [0, 0.05) is 0 Å². The van der Waals surface area contributed by atoms with Crippen LogP contribution in [0.5, 0.6) is 0 Å². The van der Waals surface area contributed by atoms with Gasteiger partial charge in [0.1, 0.15) is 0 Å². The fourth-order valence-corrected chi connectivity index (χ4v) is 3.48. The average molecular weight is 230 g/mol. The molecule has 0 saturated heterocycles. The lowest BCUT2D eigenvalue weighted by Gasteiger charge is -2.36. The van der Waals surface area contributed by atoms with Gasteiger partial charge in [-0.3, -0.25) is 0 Å². The van der Waals surface area contributed by atoms with E-state index < -0.39 is 0 Å². The highest BCUT2D eigenvalue weighted by molar-refractivity contribution is 5.12. The molecule has 0 heteroatoms.